The van der Waals surface area contributed by atoms with Crippen molar-refractivity contribution >= 4 is 5.78 Å². The molecule has 4 aromatic carbocycles. The molecule has 72 heavy (non-hydrogen) atoms. The third-order valence-electron chi connectivity index (χ3n) is 19.2. The molecule has 0 amide bonds. The molecular weight excluding hydrogens is 873 g/mol. The van der Waals surface area contributed by atoms with Gasteiger partial charge in [-0.15, -0.1) is 0 Å². The van der Waals surface area contributed by atoms with Gasteiger partial charge in [-0.1, -0.05) is 162 Å². The van der Waals surface area contributed by atoms with E-state index in [4.69, 9.17) is 0 Å². The molecule has 0 aliphatic heterocycles. The maximum absolute atomic E-state index is 12.8. The summed E-state index contributed by atoms with van der Waals surface area (Å²) in [5.41, 5.74) is 10.8. The van der Waals surface area contributed by atoms with Gasteiger partial charge in [-0.05, 0) is 220 Å². The van der Waals surface area contributed by atoms with E-state index in [1.54, 1.807) is 0 Å². The van der Waals surface area contributed by atoms with Crippen LogP contribution in [0.2, 0.25) is 0 Å². The summed E-state index contributed by atoms with van der Waals surface area (Å²) in [6.07, 6.45) is 35.7. The number of hydrogen-bond donors (Lipinski definition) is 0. The lowest BCUT2D eigenvalue weighted by atomic mass is 9.70. The lowest BCUT2D eigenvalue weighted by Gasteiger charge is -2.34. The largest absolute Gasteiger partial charge is 0.300 e. The normalized spacial score (nSPS) is 25.4. The Labute approximate surface area is 438 Å². The van der Waals surface area contributed by atoms with Gasteiger partial charge in [0.15, 0.2) is 0 Å². The molecule has 2 atom stereocenters. The first-order valence-corrected chi connectivity index (χ1v) is 30.1. The number of nitriles is 2. The van der Waals surface area contributed by atoms with Crippen molar-refractivity contribution in [1.29, 1.82) is 10.5 Å². The van der Waals surface area contributed by atoms with Crippen LogP contribution in [0.15, 0.2) is 97.1 Å². The van der Waals surface area contributed by atoms with E-state index < -0.39 is 0 Å². The highest BCUT2D eigenvalue weighted by Gasteiger charge is 2.33. The van der Waals surface area contributed by atoms with Gasteiger partial charge in [0.05, 0.1) is 12.1 Å². The van der Waals surface area contributed by atoms with Crippen molar-refractivity contribution in [2.45, 2.75) is 218 Å². The predicted octanol–water partition coefficient (Wildman–Crippen LogP) is 19.5. The number of Topliss-reactive ketones (excluding diaryl/α,β-unsaturated/α-hetero) is 1. The zero-order chi connectivity index (χ0) is 49.9. The maximum atomic E-state index is 12.8. The summed E-state index contributed by atoms with van der Waals surface area (Å²) in [6.45, 7) is 4.62. The van der Waals surface area contributed by atoms with Gasteiger partial charge in [0, 0.05) is 24.7 Å². The molecule has 4 aliphatic rings. The molecule has 0 bridgehead atoms. The highest BCUT2D eigenvalue weighted by Crippen LogP contribution is 2.45. The van der Waals surface area contributed by atoms with Crippen molar-refractivity contribution in [1.82, 2.24) is 0 Å². The number of hydrogen-bond acceptors (Lipinski definition) is 3. The second-order valence-electron chi connectivity index (χ2n) is 24.1. The fourth-order valence-electron chi connectivity index (χ4n) is 14.5. The van der Waals surface area contributed by atoms with Crippen molar-refractivity contribution in [2.75, 3.05) is 0 Å². The zero-order valence-electron chi connectivity index (χ0n) is 45.0. The second-order valence-corrected chi connectivity index (χ2v) is 24.1. The van der Waals surface area contributed by atoms with Crippen LogP contribution in [-0.2, 0) is 17.6 Å². The Kier molecular flexibility index (Phi) is 21.1. The van der Waals surface area contributed by atoms with Crippen LogP contribution in [0.1, 0.15) is 228 Å². The number of aryl methyl sites for hydroxylation is 2. The molecule has 0 heterocycles. The Morgan fingerprint density at radius 1 is 0.431 bits per heavy atom. The number of ketones is 1. The van der Waals surface area contributed by atoms with E-state index in [0.29, 0.717) is 42.3 Å². The summed E-state index contributed by atoms with van der Waals surface area (Å²) >= 11 is 0. The van der Waals surface area contributed by atoms with Crippen LogP contribution >= 0.6 is 0 Å². The van der Waals surface area contributed by atoms with Crippen molar-refractivity contribution in [3.05, 3.63) is 119 Å². The average Bonchev–Trinajstić information content (AvgIpc) is 3.43. The Balaban J connectivity index is 0.663. The smallest absolute Gasteiger partial charge is 0.132 e. The minimum Gasteiger partial charge on any atom is -0.300 e. The van der Waals surface area contributed by atoms with Gasteiger partial charge >= 0.3 is 0 Å². The molecule has 0 saturated heterocycles. The molecule has 4 aliphatic carbocycles. The molecule has 384 valence electrons. The number of benzene rings is 4. The Morgan fingerprint density at radius 3 is 1.07 bits per heavy atom. The standard InChI is InChI=1S/C69H92N2O/c1-3-9-51-15-31-65(32-16-51)67(49-70)47-55-23-35-59(36-24-55)63-43-39-61(40-44-63)57-27-19-53(20-28-57)11-5-7-13-69(72)14-8-6-12-54-21-29-58(30-22-54)62-41-45-64(46-42-62)60-37-25-56(26-38-60)48-68(50-71)66-33-17-52(10-4-2)18-34-66/h19-22,27-30,39-46,51-52,55-56,59-60,65-68H,3-18,23-26,31-38,47-48H2,1-2H3. The van der Waals surface area contributed by atoms with Crippen molar-refractivity contribution in [3.63, 3.8) is 0 Å². The zero-order valence-corrected chi connectivity index (χ0v) is 45.0. The first-order chi connectivity index (χ1) is 35.4. The van der Waals surface area contributed by atoms with E-state index in [0.717, 1.165) is 75.0 Å². The fraction of sp³-hybridized carbons (Fsp3) is 0.609. The predicted molar refractivity (Wildman–Crippen MR) is 301 cm³/mol. The van der Waals surface area contributed by atoms with E-state index in [1.807, 2.05) is 0 Å². The van der Waals surface area contributed by atoms with Gasteiger partial charge in [0.25, 0.3) is 0 Å². The minimum absolute atomic E-state index is 0.268. The lowest BCUT2D eigenvalue weighted by Crippen LogP contribution is -2.24. The summed E-state index contributed by atoms with van der Waals surface area (Å²) in [4.78, 5) is 12.8. The summed E-state index contributed by atoms with van der Waals surface area (Å²) in [7, 11) is 0. The van der Waals surface area contributed by atoms with Crippen molar-refractivity contribution < 1.29 is 4.79 Å². The summed E-state index contributed by atoms with van der Waals surface area (Å²) in [6, 6.07) is 42.5. The van der Waals surface area contributed by atoms with Crippen LogP contribution < -0.4 is 0 Å². The second kappa shape index (κ2) is 28.3. The van der Waals surface area contributed by atoms with E-state index in [9.17, 15) is 15.3 Å². The maximum Gasteiger partial charge on any atom is 0.132 e. The topological polar surface area (TPSA) is 64.7 Å². The highest BCUT2D eigenvalue weighted by atomic mass is 16.1. The molecule has 2 unspecified atom stereocenters. The van der Waals surface area contributed by atoms with Crippen molar-refractivity contribution in [3.8, 4) is 34.4 Å². The van der Waals surface area contributed by atoms with Gasteiger partial charge in [0.2, 0.25) is 0 Å². The molecule has 0 N–H and O–H groups in total. The summed E-state index contributed by atoms with van der Waals surface area (Å²) < 4.78 is 0. The van der Waals surface area contributed by atoms with Gasteiger partial charge in [-0.2, -0.15) is 10.5 Å². The number of unbranched alkanes of at least 4 members (excludes halogenated alkanes) is 2. The molecule has 4 saturated carbocycles. The summed E-state index contributed by atoms with van der Waals surface area (Å²) in [5.74, 6) is 6.80. The molecule has 4 fully saturated rings. The molecule has 0 radical (unpaired) electrons. The van der Waals surface area contributed by atoms with Gasteiger partial charge in [-0.3, -0.25) is 4.79 Å². The van der Waals surface area contributed by atoms with E-state index in [1.165, 1.54) is 173 Å². The molecular formula is C69H92N2O. The van der Waals surface area contributed by atoms with Crippen LogP contribution in [-0.4, -0.2) is 5.78 Å². The van der Waals surface area contributed by atoms with Crippen LogP contribution in [0.5, 0.6) is 0 Å². The van der Waals surface area contributed by atoms with E-state index >= 15 is 0 Å². The van der Waals surface area contributed by atoms with Gasteiger partial charge in [0.1, 0.15) is 5.78 Å². The first kappa shape index (κ1) is 53.8. The van der Waals surface area contributed by atoms with Crippen LogP contribution in [0.4, 0.5) is 0 Å². The van der Waals surface area contributed by atoms with Crippen molar-refractivity contribution in [2.24, 2.45) is 47.3 Å². The quantitative estimate of drug-likeness (QED) is 0.0657. The molecule has 3 heteroatoms. The number of carbonyl (C=O) groups is 1. The molecule has 8 rings (SSSR count). The SMILES string of the molecule is CCCC1CCC(C(C#N)CC2CCC(c3ccc(-c4ccc(CCCCC(=O)CCCCc5ccc(-c6ccc(C7CCC(CC(C#N)C8CCC(CCC)CC8)CC7)cc6)cc5)cc4)cc3)CC2)CC1. The van der Waals surface area contributed by atoms with Gasteiger partial charge < -0.3 is 0 Å². The van der Waals surface area contributed by atoms with Crippen LogP contribution in [0, 0.1) is 70.0 Å². The first-order valence-electron chi connectivity index (χ1n) is 30.1. The van der Waals surface area contributed by atoms with E-state index in [-0.39, 0.29) is 11.8 Å². The minimum atomic E-state index is 0.268. The summed E-state index contributed by atoms with van der Waals surface area (Å²) in [5, 5.41) is 20.2. The number of rotatable bonds is 24. The Morgan fingerprint density at radius 2 is 0.750 bits per heavy atom. The monoisotopic (exact) mass is 965 g/mol. The molecule has 3 nitrogen and oxygen atoms in total. The highest BCUT2D eigenvalue weighted by molar-refractivity contribution is 5.78. The molecule has 4 aromatic rings. The number of carbonyl (C=O) groups excluding carboxylic acids is 1. The average molecular weight is 966 g/mol. The Bertz CT molecular complexity index is 2100. The van der Waals surface area contributed by atoms with Gasteiger partial charge in [-0.25, -0.2) is 0 Å². The molecule has 0 spiro atoms. The van der Waals surface area contributed by atoms with Crippen LogP contribution in [0.3, 0.4) is 0 Å². The third-order valence-corrected chi connectivity index (χ3v) is 19.2. The number of nitrogens with zero attached hydrogens (tertiary/aromatic N) is 2. The fourth-order valence-corrected chi connectivity index (χ4v) is 14.5. The van der Waals surface area contributed by atoms with Crippen LogP contribution in [0.25, 0.3) is 22.3 Å². The van der Waals surface area contributed by atoms with E-state index in [2.05, 4.69) is 123 Å². The Hall–Kier alpha value is -4.47. The molecule has 0 aromatic heterocycles. The lowest BCUT2D eigenvalue weighted by molar-refractivity contribution is -0.119. The third kappa shape index (κ3) is 15.8.